The van der Waals surface area contributed by atoms with Crippen LogP contribution in [0.1, 0.15) is 19.8 Å². The predicted molar refractivity (Wildman–Crippen MR) is 71.7 cm³/mol. The van der Waals surface area contributed by atoms with Crippen LogP contribution in [0.15, 0.2) is 23.1 Å². The maximum Gasteiger partial charge on any atom is 0.240 e. The fraction of sp³-hybridized carbons (Fsp3) is 0.538. The molecule has 0 amide bonds. The van der Waals surface area contributed by atoms with Crippen LogP contribution in [-0.2, 0) is 14.8 Å². The molecule has 2 rings (SSSR count). The Morgan fingerprint density at radius 3 is 2.95 bits per heavy atom. The van der Waals surface area contributed by atoms with Gasteiger partial charge in [-0.15, -0.1) is 0 Å². The molecule has 0 unspecified atom stereocenters. The first-order chi connectivity index (χ1) is 9.53. The van der Waals surface area contributed by atoms with Gasteiger partial charge in [0, 0.05) is 19.2 Å². The molecule has 1 aliphatic rings. The van der Waals surface area contributed by atoms with Gasteiger partial charge in [0.25, 0.3) is 0 Å². The van der Waals surface area contributed by atoms with Crippen molar-refractivity contribution in [2.75, 3.05) is 19.8 Å². The summed E-state index contributed by atoms with van der Waals surface area (Å²) in [5.41, 5.74) is 0. The summed E-state index contributed by atoms with van der Waals surface area (Å²) in [5.74, 6) is -0.641. The summed E-state index contributed by atoms with van der Waals surface area (Å²) < 4.78 is 50.5. The van der Waals surface area contributed by atoms with E-state index in [-0.39, 0.29) is 29.9 Å². The van der Waals surface area contributed by atoms with Crippen molar-refractivity contribution in [2.24, 2.45) is 0 Å². The van der Waals surface area contributed by atoms with Gasteiger partial charge in [-0.2, -0.15) is 0 Å². The average Bonchev–Trinajstić information content (AvgIpc) is 2.92. The minimum atomic E-state index is -3.68. The molecule has 1 aromatic carbocycles. The van der Waals surface area contributed by atoms with E-state index < -0.39 is 15.8 Å². The smallest absolute Gasteiger partial charge is 0.240 e. The largest absolute Gasteiger partial charge is 0.491 e. The Morgan fingerprint density at radius 1 is 1.50 bits per heavy atom. The number of rotatable bonds is 6. The molecule has 112 valence electrons. The number of hydrogen-bond acceptors (Lipinski definition) is 4. The molecule has 1 N–H and O–H groups in total. The van der Waals surface area contributed by atoms with Crippen molar-refractivity contribution in [3.05, 3.63) is 24.0 Å². The summed E-state index contributed by atoms with van der Waals surface area (Å²) >= 11 is 0. The maximum absolute atomic E-state index is 13.4. The monoisotopic (exact) mass is 303 g/mol. The van der Waals surface area contributed by atoms with Crippen molar-refractivity contribution in [1.29, 1.82) is 0 Å². The highest BCUT2D eigenvalue weighted by Crippen LogP contribution is 2.22. The molecule has 7 heteroatoms. The summed E-state index contributed by atoms with van der Waals surface area (Å²) in [6.07, 6.45) is 1.70. The molecule has 0 spiro atoms. The zero-order valence-electron chi connectivity index (χ0n) is 11.3. The zero-order chi connectivity index (χ0) is 14.6. The van der Waals surface area contributed by atoms with E-state index in [2.05, 4.69) is 4.72 Å². The first-order valence-electron chi connectivity index (χ1n) is 6.56. The van der Waals surface area contributed by atoms with Gasteiger partial charge in [-0.05, 0) is 31.9 Å². The molecule has 1 aromatic rings. The molecule has 0 bridgehead atoms. The van der Waals surface area contributed by atoms with Gasteiger partial charge in [0.05, 0.1) is 17.6 Å². The first kappa shape index (κ1) is 15.2. The Bertz CT molecular complexity index is 555. The second kappa shape index (κ2) is 6.51. The van der Waals surface area contributed by atoms with Crippen LogP contribution in [0.5, 0.6) is 5.75 Å². The number of benzene rings is 1. The van der Waals surface area contributed by atoms with Gasteiger partial charge in [-0.25, -0.2) is 17.5 Å². The average molecular weight is 303 g/mol. The van der Waals surface area contributed by atoms with Crippen molar-refractivity contribution in [2.45, 2.75) is 30.8 Å². The van der Waals surface area contributed by atoms with Gasteiger partial charge in [0.1, 0.15) is 0 Å². The molecule has 1 atom stereocenters. The second-order valence-electron chi connectivity index (χ2n) is 4.51. The minimum Gasteiger partial charge on any atom is -0.491 e. The van der Waals surface area contributed by atoms with Crippen molar-refractivity contribution in [1.82, 2.24) is 4.72 Å². The molecule has 1 aliphatic heterocycles. The quantitative estimate of drug-likeness (QED) is 0.868. The Kier molecular flexibility index (Phi) is 4.95. The SMILES string of the molecule is CCOc1cc(S(=O)(=O)NC[C@H]2CCCO2)ccc1F. The predicted octanol–water partition coefficient (Wildman–Crippen LogP) is 1.68. The zero-order valence-corrected chi connectivity index (χ0v) is 12.1. The summed E-state index contributed by atoms with van der Waals surface area (Å²) in [7, 11) is -3.68. The number of nitrogens with one attached hydrogen (secondary N) is 1. The molecule has 0 aromatic heterocycles. The maximum atomic E-state index is 13.4. The Morgan fingerprint density at radius 2 is 2.30 bits per heavy atom. The first-order valence-corrected chi connectivity index (χ1v) is 8.05. The van der Waals surface area contributed by atoms with Crippen molar-refractivity contribution in [3.63, 3.8) is 0 Å². The van der Waals surface area contributed by atoms with Crippen LogP contribution in [0.25, 0.3) is 0 Å². The highest BCUT2D eigenvalue weighted by Gasteiger charge is 2.21. The van der Waals surface area contributed by atoms with Gasteiger partial charge < -0.3 is 9.47 Å². The van der Waals surface area contributed by atoms with Crippen LogP contribution in [-0.4, -0.2) is 34.3 Å². The molecule has 1 heterocycles. The molecular weight excluding hydrogens is 285 g/mol. The number of halogens is 1. The van der Waals surface area contributed by atoms with Crippen LogP contribution >= 0.6 is 0 Å². The van der Waals surface area contributed by atoms with Gasteiger partial charge in [-0.3, -0.25) is 0 Å². The Balaban J connectivity index is 2.09. The highest BCUT2D eigenvalue weighted by molar-refractivity contribution is 7.89. The third kappa shape index (κ3) is 3.68. The molecule has 20 heavy (non-hydrogen) atoms. The van der Waals surface area contributed by atoms with Crippen LogP contribution < -0.4 is 9.46 Å². The minimum absolute atomic E-state index is 0.0136. The standard InChI is InChI=1S/C13H18FNO4S/c1-2-18-13-8-11(5-6-12(13)14)20(16,17)15-9-10-4-3-7-19-10/h5-6,8,10,15H,2-4,7,9H2,1H3/t10-/m1/s1. The van der Waals surface area contributed by atoms with Crippen LogP contribution in [0, 0.1) is 5.82 Å². The van der Waals surface area contributed by atoms with E-state index in [1.165, 1.54) is 12.1 Å². The number of ether oxygens (including phenoxy) is 2. The Labute approximate surface area is 118 Å². The topological polar surface area (TPSA) is 64.6 Å². The molecular formula is C13H18FNO4S. The lowest BCUT2D eigenvalue weighted by Gasteiger charge is -2.12. The van der Waals surface area contributed by atoms with Crippen molar-refractivity contribution < 1.29 is 22.3 Å². The van der Waals surface area contributed by atoms with E-state index >= 15 is 0 Å². The molecule has 0 aliphatic carbocycles. The second-order valence-corrected chi connectivity index (χ2v) is 6.28. The van der Waals surface area contributed by atoms with Crippen LogP contribution in [0.3, 0.4) is 0 Å². The summed E-state index contributed by atoms with van der Waals surface area (Å²) in [4.78, 5) is -0.0136. The molecule has 5 nitrogen and oxygen atoms in total. The third-order valence-electron chi connectivity index (χ3n) is 3.04. The Hall–Kier alpha value is -1.18. The third-order valence-corrected chi connectivity index (χ3v) is 4.46. The van der Waals surface area contributed by atoms with Crippen LogP contribution in [0.4, 0.5) is 4.39 Å². The van der Waals surface area contributed by atoms with E-state index in [1.807, 2.05) is 0 Å². The van der Waals surface area contributed by atoms with Gasteiger partial charge in [0.2, 0.25) is 10.0 Å². The number of hydrogen-bond donors (Lipinski definition) is 1. The van der Waals surface area contributed by atoms with Crippen LogP contribution in [0.2, 0.25) is 0 Å². The normalized spacial score (nSPS) is 19.2. The molecule has 1 saturated heterocycles. The summed E-state index contributed by atoms with van der Waals surface area (Å²) in [5, 5.41) is 0. The molecule has 0 saturated carbocycles. The molecule has 1 fully saturated rings. The van der Waals surface area contributed by atoms with Gasteiger partial charge in [-0.1, -0.05) is 0 Å². The van der Waals surface area contributed by atoms with Gasteiger partial charge in [0.15, 0.2) is 11.6 Å². The van der Waals surface area contributed by atoms with E-state index in [4.69, 9.17) is 9.47 Å². The highest BCUT2D eigenvalue weighted by atomic mass is 32.2. The lowest BCUT2D eigenvalue weighted by molar-refractivity contribution is 0.114. The van der Waals surface area contributed by atoms with E-state index in [1.54, 1.807) is 6.92 Å². The number of sulfonamides is 1. The fourth-order valence-corrected chi connectivity index (χ4v) is 3.09. The fourth-order valence-electron chi connectivity index (χ4n) is 2.01. The summed E-state index contributed by atoms with van der Waals surface area (Å²) in [6.45, 7) is 2.86. The van der Waals surface area contributed by atoms with Crippen molar-refractivity contribution in [3.8, 4) is 5.75 Å². The van der Waals surface area contributed by atoms with Crippen molar-refractivity contribution >= 4 is 10.0 Å². The molecule has 0 radical (unpaired) electrons. The van der Waals surface area contributed by atoms with E-state index in [9.17, 15) is 12.8 Å². The lowest BCUT2D eigenvalue weighted by atomic mass is 10.2. The summed E-state index contributed by atoms with van der Waals surface area (Å²) in [6, 6.07) is 3.50. The lowest BCUT2D eigenvalue weighted by Crippen LogP contribution is -2.31. The van der Waals surface area contributed by atoms with E-state index in [0.717, 1.165) is 18.9 Å². The van der Waals surface area contributed by atoms with E-state index in [0.29, 0.717) is 6.61 Å². The van der Waals surface area contributed by atoms with Gasteiger partial charge >= 0.3 is 0 Å².